The van der Waals surface area contributed by atoms with Crippen molar-refractivity contribution in [1.82, 2.24) is 9.97 Å². The van der Waals surface area contributed by atoms with Gasteiger partial charge in [-0.2, -0.15) is 0 Å². The third-order valence-corrected chi connectivity index (χ3v) is 1.81. The lowest BCUT2D eigenvalue weighted by Crippen LogP contribution is -2.00. The standard InChI is InChI=1S/C10H8N2O3/c1-14-10(13)9-12-6-8(15-9)7-3-2-4-11-5-7/h2-6H,1H3. The maximum Gasteiger partial charge on any atom is 0.394 e. The van der Waals surface area contributed by atoms with E-state index in [9.17, 15) is 4.79 Å². The lowest BCUT2D eigenvalue weighted by Gasteiger charge is -1.93. The highest BCUT2D eigenvalue weighted by molar-refractivity contribution is 5.84. The fourth-order valence-corrected chi connectivity index (χ4v) is 1.10. The second-order valence-corrected chi connectivity index (χ2v) is 2.76. The zero-order chi connectivity index (χ0) is 10.7. The molecule has 2 aromatic rings. The van der Waals surface area contributed by atoms with Gasteiger partial charge in [-0.1, -0.05) is 0 Å². The molecule has 5 nitrogen and oxygen atoms in total. The largest absolute Gasteiger partial charge is 0.462 e. The number of nitrogens with zero attached hydrogens (tertiary/aromatic N) is 2. The van der Waals surface area contributed by atoms with E-state index in [0.717, 1.165) is 5.56 Å². The van der Waals surface area contributed by atoms with Gasteiger partial charge >= 0.3 is 11.9 Å². The first-order valence-electron chi connectivity index (χ1n) is 4.26. The van der Waals surface area contributed by atoms with E-state index in [1.807, 2.05) is 6.07 Å². The van der Waals surface area contributed by atoms with Crippen LogP contribution < -0.4 is 0 Å². The molecular formula is C10H8N2O3. The molecule has 0 amide bonds. The summed E-state index contributed by atoms with van der Waals surface area (Å²) in [5.41, 5.74) is 0.764. The molecule has 0 aliphatic rings. The van der Waals surface area contributed by atoms with Crippen molar-refractivity contribution in [2.75, 3.05) is 7.11 Å². The van der Waals surface area contributed by atoms with Crippen molar-refractivity contribution in [3.8, 4) is 11.3 Å². The van der Waals surface area contributed by atoms with E-state index < -0.39 is 5.97 Å². The van der Waals surface area contributed by atoms with Crippen LogP contribution in [0.2, 0.25) is 0 Å². The van der Waals surface area contributed by atoms with Gasteiger partial charge in [0.2, 0.25) is 0 Å². The Morgan fingerprint density at radius 1 is 1.47 bits per heavy atom. The van der Waals surface area contributed by atoms with Crippen LogP contribution in [0.5, 0.6) is 0 Å². The summed E-state index contributed by atoms with van der Waals surface area (Å²) >= 11 is 0. The number of carbonyl (C=O) groups is 1. The Morgan fingerprint density at radius 3 is 3.00 bits per heavy atom. The van der Waals surface area contributed by atoms with Crippen LogP contribution >= 0.6 is 0 Å². The van der Waals surface area contributed by atoms with Gasteiger partial charge in [0.25, 0.3) is 0 Å². The van der Waals surface area contributed by atoms with Gasteiger partial charge in [-0.25, -0.2) is 9.78 Å². The quantitative estimate of drug-likeness (QED) is 0.694. The van der Waals surface area contributed by atoms with Gasteiger partial charge in [0.15, 0.2) is 5.76 Å². The lowest BCUT2D eigenvalue weighted by atomic mass is 10.2. The van der Waals surface area contributed by atoms with E-state index in [1.54, 1.807) is 18.5 Å². The number of ether oxygens (including phenoxy) is 1. The van der Waals surface area contributed by atoms with Crippen molar-refractivity contribution in [3.63, 3.8) is 0 Å². The van der Waals surface area contributed by atoms with Crippen LogP contribution in [0, 0.1) is 0 Å². The van der Waals surface area contributed by atoms with Gasteiger partial charge in [0.1, 0.15) is 0 Å². The average Bonchev–Trinajstić information content (AvgIpc) is 2.78. The number of rotatable bonds is 2. The highest BCUT2D eigenvalue weighted by Crippen LogP contribution is 2.18. The number of hydrogen-bond donors (Lipinski definition) is 0. The molecule has 0 aliphatic heterocycles. The van der Waals surface area contributed by atoms with Gasteiger partial charge in [-0.05, 0) is 12.1 Å². The molecule has 2 aromatic heterocycles. The molecule has 76 valence electrons. The lowest BCUT2D eigenvalue weighted by molar-refractivity contribution is 0.0557. The number of pyridine rings is 1. The Kier molecular flexibility index (Phi) is 2.45. The maximum atomic E-state index is 11.1. The second-order valence-electron chi connectivity index (χ2n) is 2.76. The van der Waals surface area contributed by atoms with Crippen LogP contribution in [-0.2, 0) is 4.74 Å². The van der Waals surface area contributed by atoms with Crippen LogP contribution in [0.4, 0.5) is 0 Å². The zero-order valence-corrected chi connectivity index (χ0v) is 8.01. The molecule has 15 heavy (non-hydrogen) atoms. The van der Waals surface area contributed by atoms with Gasteiger partial charge in [0, 0.05) is 18.0 Å². The number of methoxy groups -OCH3 is 1. The van der Waals surface area contributed by atoms with Crippen molar-refractivity contribution >= 4 is 5.97 Å². The highest BCUT2D eigenvalue weighted by Gasteiger charge is 2.13. The van der Waals surface area contributed by atoms with Gasteiger partial charge < -0.3 is 9.15 Å². The van der Waals surface area contributed by atoms with Crippen LogP contribution in [0.15, 0.2) is 35.1 Å². The molecule has 0 N–H and O–H groups in total. The normalized spacial score (nSPS) is 9.93. The van der Waals surface area contributed by atoms with Crippen molar-refractivity contribution in [1.29, 1.82) is 0 Å². The van der Waals surface area contributed by atoms with E-state index in [-0.39, 0.29) is 5.89 Å². The van der Waals surface area contributed by atoms with E-state index >= 15 is 0 Å². The summed E-state index contributed by atoms with van der Waals surface area (Å²) in [6, 6.07) is 3.59. The number of oxazole rings is 1. The molecule has 0 fully saturated rings. The minimum Gasteiger partial charge on any atom is -0.462 e. The van der Waals surface area contributed by atoms with Gasteiger partial charge in [-0.3, -0.25) is 4.98 Å². The molecule has 2 heterocycles. The molecule has 0 aliphatic carbocycles. The Morgan fingerprint density at radius 2 is 2.33 bits per heavy atom. The monoisotopic (exact) mass is 204 g/mol. The third-order valence-electron chi connectivity index (χ3n) is 1.81. The summed E-state index contributed by atoms with van der Waals surface area (Å²) in [6.07, 6.45) is 4.74. The summed E-state index contributed by atoms with van der Waals surface area (Å²) in [6.45, 7) is 0. The summed E-state index contributed by atoms with van der Waals surface area (Å²) in [4.78, 5) is 18.8. The SMILES string of the molecule is COC(=O)c1ncc(-c2cccnc2)o1. The van der Waals surface area contributed by atoms with Crippen LogP contribution in [0.3, 0.4) is 0 Å². The second kappa shape index (κ2) is 3.91. The Bertz CT molecular complexity index is 465. The van der Waals surface area contributed by atoms with Crippen LogP contribution in [-0.4, -0.2) is 23.0 Å². The molecular weight excluding hydrogens is 196 g/mol. The third kappa shape index (κ3) is 1.85. The summed E-state index contributed by atoms with van der Waals surface area (Å²) in [7, 11) is 1.27. The van der Waals surface area contributed by atoms with Crippen molar-refractivity contribution in [3.05, 3.63) is 36.6 Å². The van der Waals surface area contributed by atoms with E-state index in [1.165, 1.54) is 13.3 Å². The molecule has 0 saturated heterocycles. The number of hydrogen-bond acceptors (Lipinski definition) is 5. The minimum atomic E-state index is -0.592. The maximum absolute atomic E-state index is 11.1. The van der Waals surface area contributed by atoms with Crippen molar-refractivity contribution < 1.29 is 13.9 Å². The van der Waals surface area contributed by atoms with Crippen molar-refractivity contribution in [2.24, 2.45) is 0 Å². The molecule has 0 unspecified atom stereocenters. The van der Waals surface area contributed by atoms with Gasteiger partial charge in [-0.15, -0.1) is 0 Å². The average molecular weight is 204 g/mol. The molecule has 0 spiro atoms. The smallest absolute Gasteiger partial charge is 0.394 e. The fourth-order valence-electron chi connectivity index (χ4n) is 1.10. The first-order chi connectivity index (χ1) is 7.31. The Labute approximate surface area is 85.7 Å². The van der Waals surface area contributed by atoms with Crippen molar-refractivity contribution in [2.45, 2.75) is 0 Å². The van der Waals surface area contributed by atoms with E-state index in [0.29, 0.717) is 5.76 Å². The summed E-state index contributed by atoms with van der Waals surface area (Å²) in [5, 5.41) is 0. The molecule has 2 rings (SSSR count). The van der Waals surface area contributed by atoms with Gasteiger partial charge in [0.05, 0.1) is 13.3 Å². The number of esters is 1. The highest BCUT2D eigenvalue weighted by atomic mass is 16.5. The topological polar surface area (TPSA) is 65.2 Å². The first kappa shape index (κ1) is 9.39. The van der Waals surface area contributed by atoms with Crippen LogP contribution in [0.1, 0.15) is 10.7 Å². The number of aromatic nitrogens is 2. The first-order valence-corrected chi connectivity index (χ1v) is 4.26. The summed E-state index contributed by atoms with van der Waals surface area (Å²) < 4.78 is 9.67. The molecule has 0 atom stereocenters. The molecule has 5 heteroatoms. The predicted octanol–water partition coefficient (Wildman–Crippen LogP) is 1.52. The Balaban J connectivity index is 2.32. The summed E-state index contributed by atoms with van der Waals surface area (Å²) in [5.74, 6) is -0.162. The minimum absolute atomic E-state index is 0.0589. The zero-order valence-electron chi connectivity index (χ0n) is 8.01. The molecule has 0 bridgehead atoms. The van der Waals surface area contributed by atoms with Crippen LogP contribution in [0.25, 0.3) is 11.3 Å². The fraction of sp³-hybridized carbons (Fsp3) is 0.100. The van der Waals surface area contributed by atoms with E-state index in [4.69, 9.17) is 4.42 Å². The predicted molar refractivity (Wildman–Crippen MR) is 51.1 cm³/mol. The molecule has 0 saturated carbocycles. The van der Waals surface area contributed by atoms with E-state index in [2.05, 4.69) is 14.7 Å². The molecule has 0 aromatic carbocycles. The Hall–Kier alpha value is -2.17. The molecule has 0 radical (unpaired) electrons. The number of carbonyl (C=O) groups excluding carboxylic acids is 1.